The molecule has 1 aliphatic carbocycles. The summed E-state index contributed by atoms with van der Waals surface area (Å²) in [6.07, 6.45) is 11.6. The van der Waals surface area contributed by atoms with Crippen LogP contribution in [0.25, 0.3) is 0 Å². The van der Waals surface area contributed by atoms with Crippen LogP contribution in [0.2, 0.25) is 0 Å². The van der Waals surface area contributed by atoms with Crippen LogP contribution < -0.4 is 10.2 Å². The zero-order valence-electron chi connectivity index (χ0n) is 15.2. The summed E-state index contributed by atoms with van der Waals surface area (Å²) in [4.78, 5) is 18.9. The second-order valence-electron chi connectivity index (χ2n) is 7.26. The predicted molar refractivity (Wildman–Crippen MR) is 99.5 cm³/mol. The number of nitrogens with zero attached hydrogens (tertiary/aromatic N) is 2. The zero-order chi connectivity index (χ0) is 17.3. The standard InChI is InChI=1S/C20H31N3O2/c24-19(10-4-8-17-6-2-1-3-7-17)22-16-18-9-5-11-21-20(18)23-12-14-25-15-13-23/h5,9,11,17H,1-4,6-8,10,12-16H2,(H,22,24). The number of hydrogen-bond donors (Lipinski definition) is 1. The Bertz CT molecular complexity index is 537. The number of hydrogen-bond acceptors (Lipinski definition) is 4. The quantitative estimate of drug-likeness (QED) is 0.824. The van der Waals surface area contributed by atoms with Gasteiger partial charge in [-0.1, -0.05) is 38.2 Å². The molecule has 1 saturated carbocycles. The molecule has 1 N–H and O–H groups in total. The SMILES string of the molecule is O=C(CCCC1CCCCC1)NCc1cccnc1N1CCOCC1. The van der Waals surface area contributed by atoms with Crippen molar-refractivity contribution in [3.8, 4) is 0 Å². The minimum absolute atomic E-state index is 0.160. The number of rotatable bonds is 7. The second-order valence-corrected chi connectivity index (χ2v) is 7.26. The van der Waals surface area contributed by atoms with Gasteiger partial charge in [0.2, 0.25) is 5.91 Å². The van der Waals surface area contributed by atoms with Gasteiger partial charge in [-0.2, -0.15) is 0 Å². The maximum atomic E-state index is 12.2. The molecule has 0 bridgehead atoms. The number of amides is 1. The molecule has 2 fully saturated rings. The van der Waals surface area contributed by atoms with E-state index in [0.717, 1.165) is 50.0 Å². The Morgan fingerprint density at radius 2 is 2.04 bits per heavy atom. The third-order valence-electron chi connectivity index (χ3n) is 5.40. The molecule has 0 radical (unpaired) electrons. The Kier molecular flexibility index (Phi) is 7.10. The molecule has 1 aromatic rings. The fourth-order valence-electron chi connectivity index (χ4n) is 3.94. The van der Waals surface area contributed by atoms with Crippen LogP contribution in [0.3, 0.4) is 0 Å². The van der Waals surface area contributed by atoms with E-state index < -0.39 is 0 Å². The normalized spacial score (nSPS) is 19.0. The topological polar surface area (TPSA) is 54.5 Å². The van der Waals surface area contributed by atoms with Gasteiger partial charge in [-0.05, 0) is 24.8 Å². The molecule has 1 aliphatic heterocycles. The molecule has 2 aliphatic rings. The van der Waals surface area contributed by atoms with E-state index in [1.54, 1.807) is 0 Å². The molecular formula is C20H31N3O2. The average Bonchev–Trinajstić information content (AvgIpc) is 2.68. The molecular weight excluding hydrogens is 314 g/mol. The van der Waals surface area contributed by atoms with Gasteiger partial charge in [0.1, 0.15) is 5.82 Å². The molecule has 0 atom stereocenters. The number of carbonyl (C=O) groups excluding carboxylic acids is 1. The summed E-state index contributed by atoms with van der Waals surface area (Å²) in [7, 11) is 0. The number of nitrogens with one attached hydrogen (secondary N) is 1. The van der Waals surface area contributed by atoms with Gasteiger partial charge in [-0.25, -0.2) is 4.98 Å². The Hall–Kier alpha value is -1.62. The van der Waals surface area contributed by atoms with Gasteiger partial charge in [-0.3, -0.25) is 4.79 Å². The van der Waals surface area contributed by atoms with Crippen molar-refractivity contribution in [1.29, 1.82) is 0 Å². The lowest BCUT2D eigenvalue weighted by Gasteiger charge is -2.29. The summed E-state index contributed by atoms with van der Waals surface area (Å²) in [5, 5.41) is 3.08. The molecule has 5 nitrogen and oxygen atoms in total. The Labute approximate surface area is 151 Å². The number of pyridine rings is 1. The summed E-state index contributed by atoms with van der Waals surface area (Å²) in [6.45, 7) is 3.76. The van der Waals surface area contributed by atoms with Crippen LogP contribution in [0.1, 0.15) is 56.9 Å². The molecule has 0 aromatic carbocycles. The number of anilines is 1. The Morgan fingerprint density at radius 3 is 2.84 bits per heavy atom. The van der Waals surface area contributed by atoms with Crippen LogP contribution in [-0.4, -0.2) is 37.2 Å². The molecule has 25 heavy (non-hydrogen) atoms. The maximum absolute atomic E-state index is 12.2. The van der Waals surface area contributed by atoms with Crippen LogP contribution in [0, 0.1) is 5.92 Å². The van der Waals surface area contributed by atoms with Crippen molar-refractivity contribution >= 4 is 11.7 Å². The summed E-state index contributed by atoms with van der Waals surface area (Å²) in [6, 6.07) is 3.99. The molecule has 3 rings (SSSR count). The van der Waals surface area contributed by atoms with Crippen molar-refractivity contribution in [2.45, 2.75) is 57.9 Å². The summed E-state index contributed by atoms with van der Waals surface area (Å²) in [5.74, 6) is 1.99. The molecule has 0 unspecified atom stereocenters. The molecule has 0 spiro atoms. The highest BCUT2D eigenvalue weighted by molar-refractivity contribution is 5.76. The monoisotopic (exact) mass is 345 g/mol. The van der Waals surface area contributed by atoms with Gasteiger partial charge < -0.3 is 15.0 Å². The lowest BCUT2D eigenvalue weighted by atomic mass is 9.86. The maximum Gasteiger partial charge on any atom is 0.220 e. The average molecular weight is 345 g/mol. The van der Waals surface area contributed by atoms with Crippen LogP contribution in [0.5, 0.6) is 0 Å². The minimum Gasteiger partial charge on any atom is -0.378 e. The summed E-state index contributed by atoms with van der Waals surface area (Å²) >= 11 is 0. The first-order valence-corrected chi connectivity index (χ1v) is 9.86. The number of ether oxygens (including phenoxy) is 1. The van der Waals surface area contributed by atoms with Gasteiger partial charge >= 0.3 is 0 Å². The van der Waals surface area contributed by atoms with E-state index in [1.165, 1.54) is 38.5 Å². The van der Waals surface area contributed by atoms with Crippen LogP contribution in [0.4, 0.5) is 5.82 Å². The van der Waals surface area contributed by atoms with Gasteiger partial charge in [0.25, 0.3) is 0 Å². The fourth-order valence-corrected chi connectivity index (χ4v) is 3.94. The van der Waals surface area contributed by atoms with E-state index in [4.69, 9.17) is 4.74 Å². The van der Waals surface area contributed by atoms with Gasteiger partial charge in [0, 0.05) is 37.8 Å². The second kappa shape index (κ2) is 9.76. The van der Waals surface area contributed by atoms with Crippen molar-refractivity contribution in [2.75, 3.05) is 31.2 Å². The third kappa shape index (κ3) is 5.70. The Balaban J connectivity index is 1.42. The number of aromatic nitrogens is 1. The molecule has 1 saturated heterocycles. The summed E-state index contributed by atoms with van der Waals surface area (Å²) < 4.78 is 5.41. The zero-order valence-corrected chi connectivity index (χ0v) is 15.2. The lowest BCUT2D eigenvalue weighted by Crippen LogP contribution is -2.37. The molecule has 138 valence electrons. The highest BCUT2D eigenvalue weighted by Crippen LogP contribution is 2.27. The van der Waals surface area contributed by atoms with E-state index in [0.29, 0.717) is 13.0 Å². The molecule has 2 heterocycles. The van der Waals surface area contributed by atoms with Crippen molar-refractivity contribution in [3.05, 3.63) is 23.9 Å². The lowest BCUT2D eigenvalue weighted by molar-refractivity contribution is -0.121. The predicted octanol–water partition coefficient (Wildman–Crippen LogP) is 3.29. The largest absolute Gasteiger partial charge is 0.378 e. The third-order valence-corrected chi connectivity index (χ3v) is 5.40. The summed E-state index contributed by atoms with van der Waals surface area (Å²) in [5.41, 5.74) is 1.09. The fraction of sp³-hybridized carbons (Fsp3) is 0.700. The van der Waals surface area contributed by atoms with Crippen molar-refractivity contribution in [3.63, 3.8) is 0 Å². The first kappa shape index (κ1) is 18.2. The molecule has 1 aromatic heterocycles. The Morgan fingerprint density at radius 1 is 1.24 bits per heavy atom. The van der Waals surface area contributed by atoms with E-state index in [-0.39, 0.29) is 5.91 Å². The van der Waals surface area contributed by atoms with E-state index >= 15 is 0 Å². The van der Waals surface area contributed by atoms with Gasteiger partial charge in [0.15, 0.2) is 0 Å². The molecule has 1 amide bonds. The minimum atomic E-state index is 0.160. The first-order chi connectivity index (χ1) is 12.3. The smallest absolute Gasteiger partial charge is 0.220 e. The van der Waals surface area contributed by atoms with Crippen LogP contribution in [0.15, 0.2) is 18.3 Å². The van der Waals surface area contributed by atoms with E-state index in [9.17, 15) is 4.79 Å². The van der Waals surface area contributed by atoms with E-state index in [2.05, 4.69) is 21.3 Å². The molecule has 5 heteroatoms. The van der Waals surface area contributed by atoms with Gasteiger partial charge in [0.05, 0.1) is 13.2 Å². The number of carbonyl (C=O) groups is 1. The van der Waals surface area contributed by atoms with Gasteiger partial charge in [-0.15, -0.1) is 0 Å². The highest BCUT2D eigenvalue weighted by Gasteiger charge is 2.17. The van der Waals surface area contributed by atoms with Crippen molar-refractivity contribution < 1.29 is 9.53 Å². The highest BCUT2D eigenvalue weighted by atomic mass is 16.5. The van der Waals surface area contributed by atoms with Crippen molar-refractivity contribution in [1.82, 2.24) is 10.3 Å². The van der Waals surface area contributed by atoms with Crippen LogP contribution in [-0.2, 0) is 16.1 Å². The number of morpholine rings is 1. The first-order valence-electron chi connectivity index (χ1n) is 9.86. The van der Waals surface area contributed by atoms with E-state index in [1.807, 2.05) is 12.3 Å². The van der Waals surface area contributed by atoms with Crippen LogP contribution >= 0.6 is 0 Å². The van der Waals surface area contributed by atoms with Crippen molar-refractivity contribution in [2.24, 2.45) is 5.92 Å².